The molecule has 0 radical (unpaired) electrons. The molecule has 2 amide bonds. The number of carbonyl (C=O) groups is 2. The number of nitrogens with one attached hydrogen (secondary N) is 1. The fourth-order valence-electron chi connectivity index (χ4n) is 3.97. The van der Waals surface area contributed by atoms with Crippen molar-refractivity contribution in [1.29, 1.82) is 0 Å². The van der Waals surface area contributed by atoms with Crippen LogP contribution in [0, 0.1) is 0 Å². The topological polar surface area (TPSA) is 111 Å². The van der Waals surface area contributed by atoms with Crippen molar-refractivity contribution >= 4 is 29.3 Å². The second-order valence-corrected chi connectivity index (χ2v) is 8.71. The van der Waals surface area contributed by atoms with Crippen molar-refractivity contribution in [3.63, 3.8) is 0 Å². The Bertz CT molecular complexity index is 1170. The minimum absolute atomic E-state index is 0.0596. The van der Waals surface area contributed by atoms with Gasteiger partial charge < -0.3 is 19.7 Å². The maximum Gasteiger partial charge on any atom is 0.254 e. The normalized spacial score (nSPS) is 15.3. The number of rotatable bonds is 8. The lowest BCUT2D eigenvalue weighted by molar-refractivity contribution is -0.113. The molecule has 1 aliphatic rings. The van der Waals surface area contributed by atoms with E-state index in [1.165, 1.54) is 16.4 Å². The maximum absolute atomic E-state index is 13.3. The Hall–Kier alpha value is -3.60. The first-order valence-electron chi connectivity index (χ1n) is 10.8. The standard InChI is InChI=1S/C23H26N6O4S/c1-28-23(25-26-27-28)34-14-21(30)24-16-8-6-15(7-9-16)22(31)29-12-4-5-19(29)18-13-17(32-2)10-11-20(18)33-3/h6-11,13,19H,4-5,12,14H2,1-3H3,(H,24,30)/t19-/m0/s1. The number of nitrogens with zero attached hydrogens (tertiary/aromatic N) is 5. The third-order valence-electron chi connectivity index (χ3n) is 5.64. The largest absolute Gasteiger partial charge is 0.497 e. The fraction of sp³-hybridized carbons (Fsp3) is 0.348. The molecule has 0 spiro atoms. The zero-order valence-electron chi connectivity index (χ0n) is 19.2. The second-order valence-electron chi connectivity index (χ2n) is 7.76. The number of hydrogen-bond donors (Lipinski definition) is 1. The highest BCUT2D eigenvalue weighted by Gasteiger charge is 2.32. The van der Waals surface area contributed by atoms with Crippen LogP contribution in [0.5, 0.6) is 11.5 Å². The molecule has 11 heteroatoms. The fourth-order valence-corrected chi connectivity index (χ4v) is 4.62. The number of methoxy groups -OCH3 is 2. The quantitative estimate of drug-likeness (QED) is 0.488. The van der Waals surface area contributed by atoms with Crippen LogP contribution in [0.4, 0.5) is 5.69 Å². The molecule has 3 aromatic rings. The first-order valence-corrected chi connectivity index (χ1v) is 11.8. The Balaban J connectivity index is 1.42. The molecule has 0 bridgehead atoms. The van der Waals surface area contributed by atoms with Gasteiger partial charge in [-0.25, -0.2) is 4.68 Å². The van der Waals surface area contributed by atoms with Gasteiger partial charge in [-0.2, -0.15) is 0 Å². The van der Waals surface area contributed by atoms with Crippen molar-refractivity contribution in [2.24, 2.45) is 7.05 Å². The van der Waals surface area contributed by atoms with Crippen molar-refractivity contribution in [2.45, 2.75) is 24.0 Å². The number of amides is 2. The van der Waals surface area contributed by atoms with Crippen molar-refractivity contribution < 1.29 is 19.1 Å². The van der Waals surface area contributed by atoms with Crippen LogP contribution in [0.3, 0.4) is 0 Å². The average molecular weight is 483 g/mol. The lowest BCUT2D eigenvalue weighted by Crippen LogP contribution is -2.30. The minimum atomic E-state index is -0.184. The molecule has 1 aromatic heterocycles. The molecule has 2 aromatic carbocycles. The van der Waals surface area contributed by atoms with Crippen LogP contribution in [0.2, 0.25) is 0 Å². The first kappa shape index (κ1) is 23.6. The van der Waals surface area contributed by atoms with Gasteiger partial charge in [0, 0.05) is 30.4 Å². The summed E-state index contributed by atoms with van der Waals surface area (Å²) < 4.78 is 12.4. The molecule has 2 heterocycles. The monoisotopic (exact) mass is 482 g/mol. The minimum Gasteiger partial charge on any atom is -0.497 e. The second kappa shape index (κ2) is 10.6. The number of anilines is 1. The number of tetrazole rings is 1. The Kier molecular flexibility index (Phi) is 7.31. The van der Waals surface area contributed by atoms with Crippen LogP contribution < -0.4 is 14.8 Å². The molecule has 0 saturated carbocycles. The van der Waals surface area contributed by atoms with E-state index in [2.05, 4.69) is 20.8 Å². The van der Waals surface area contributed by atoms with Gasteiger partial charge in [-0.1, -0.05) is 11.8 Å². The summed E-state index contributed by atoms with van der Waals surface area (Å²) in [7, 11) is 4.96. The molecule has 4 rings (SSSR count). The highest BCUT2D eigenvalue weighted by Crippen LogP contribution is 2.39. The van der Waals surface area contributed by atoms with Gasteiger partial charge in [0.1, 0.15) is 11.5 Å². The van der Waals surface area contributed by atoms with Crippen LogP contribution in [-0.4, -0.2) is 63.4 Å². The van der Waals surface area contributed by atoms with Crippen LogP contribution in [-0.2, 0) is 11.8 Å². The van der Waals surface area contributed by atoms with Gasteiger partial charge in [0.2, 0.25) is 11.1 Å². The molecular formula is C23H26N6O4S. The van der Waals surface area contributed by atoms with Crippen LogP contribution >= 0.6 is 11.8 Å². The van der Waals surface area contributed by atoms with E-state index < -0.39 is 0 Å². The summed E-state index contributed by atoms with van der Waals surface area (Å²) in [4.78, 5) is 27.4. The Morgan fingerprint density at radius 3 is 2.62 bits per heavy atom. The molecule has 0 unspecified atom stereocenters. The Morgan fingerprint density at radius 2 is 1.94 bits per heavy atom. The van der Waals surface area contributed by atoms with Crippen molar-refractivity contribution in [1.82, 2.24) is 25.1 Å². The zero-order chi connectivity index (χ0) is 24.1. The Labute approximate surface area is 201 Å². The summed E-state index contributed by atoms with van der Waals surface area (Å²) in [6, 6.07) is 12.5. The summed E-state index contributed by atoms with van der Waals surface area (Å²) in [5, 5.41) is 14.5. The van der Waals surface area contributed by atoms with E-state index in [4.69, 9.17) is 9.47 Å². The van der Waals surface area contributed by atoms with Crippen LogP contribution in [0.1, 0.15) is 34.8 Å². The number of likely N-dealkylation sites (tertiary alicyclic amines) is 1. The van der Waals surface area contributed by atoms with E-state index in [0.29, 0.717) is 23.0 Å². The molecule has 34 heavy (non-hydrogen) atoms. The molecule has 178 valence electrons. The van der Waals surface area contributed by atoms with Crippen molar-refractivity contribution in [2.75, 3.05) is 31.8 Å². The van der Waals surface area contributed by atoms with E-state index >= 15 is 0 Å². The highest BCUT2D eigenvalue weighted by atomic mass is 32.2. The van der Waals surface area contributed by atoms with E-state index in [1.807, 2.05) is 23.1 Å². The van der Waals surface area contributed by atoms with Gasteiger partial charge in [0.15, 0.2) is 0 Å². The summed E-state index contributed by atoms with van der Waals surface area (Å²) in [6.45, 7) is 0.663. The lowest BCUT2D eigenvalue weighted by atomic mass is 10.0. The van der Waals surface area contributed by atoms with Gasteiger partial charge in [-0.05, 0) is 65.7 Å². The predicted octanol–water partition coefficient (Wildman–Crippen LogP) is 2.94. The van der Waals surface area contributed by atoms with Gasteiger partial charge in [0.25, 0.3) is 5.91 Å². The molecule has 0 aliphatic carbocycles. The van der Waals surface area contributed by atoms with Gasteiger partial charge in [0.05, 0.1) is 26.0 Å². The summed E-state index contributed by atoms with van der Waals surface area (Å²) in [5.74, 6) is 1.39. The number of carbonyl (C=O) groups excluding carboxylic acids is 2. The van der Waals surface area contributed by atoms with Crippen LogP contribution in [0.25, 0.3) is 0 Å². The van der Waals surface area contributed by atoms with Gasteiger partial charge in [-0.3, -0.25) is 9.59 Å². The SMILES string of the molecule is COc1ccc(OC)c([C@@H]2CCCN2C(=O)c2ccc(NC(=O)CSc3nnnn3C)cc2)c1. The molecule has 1 N–H and O–H groups in total. The molecule has 1 fully saturated rings. The molecule has 10 nitrogen and oxygen atoms in total. The Morgan fingerprint density at radius 1 is 1.15 bits per heavy atom. The van der Waals surface area contributed by atoms with Crippen molar-refractivity contribution in [3.05, 3.63) is 53.6 Å². The molecule has 1 aliphatic heterocycles. The number of thioether (sulfide) groups is 1. The number of aryl methyl sites for hydroxylation is 1. The number of aromatic nitrogens is 4. The molecule has 1 atom stereocenters. The predicted molar refractivity (Wildman–Crippen MR) is 127 cm³/mol. The third kappa shape index (κ3) is 5.14. The molecule has 1 saturated heterocycles. The first-order chi connectivity index (χ1) is 16.5. The van der Waals surface area contributed by atoms with Crippen molar-refractivity contribution in [3.8, 4) is 11.5 Å². The zero-order valence-corrected chi connectivity index (χ0v) is 20.0. The summed E-state index contributed by atoms with van der Waals surface area (Å²) in [5.41, 5.74) is 2.11. The number of hydrogen-bond acceptors (Lipinski definition) is 8. The number of benzene rings is 2. The summed E-state index contributed by atoms with van der Waals surface area (Å²) in [6.07, 6.45) is 1.76. The lowest BCUT2D eigenvalue weighted by Gasteiger charge is -2.27. The van der Waals surface area contributed by atoms with E-state index in [-0.39, 0.29) is 23.6 Å². The average Bonchev–Trinajstić information content (AvgIpc) is 3.51. The third-order valence-corrected chi connectivity index (χ3v) is 6.65. The smallest absolute Gasteiger partial charge is 0.254 e. The van der Waals surface area contributed by atoms with Crippen LogP contribution in [0.15, 0.2) is 47.6 Å². The number of ether oxygens (including phenoxy) is 2. The summed E-state index contributed by atoms with van der Waals surface area (Å²) >= 11 is 1.24. The van der Waals surface area contributed by atoms with E-state index in [1.54, 1.807) is 45.5 Å². The highest BCUT2D eigenvalue weighted by molar-refractivity contribution is 7.99. The van der Waals surface area contributed by atoms with Gasteiger partial charge in [-0.15, -0.1) is 5.10 Å². The molecular weight excluding hydrogens is 456 g/mol. The van der Waals surface area contributed by atoms with E-state index in [0.717, 1.165) is 29.9 Å². The van der Waals surface area contributed by atoms with E-state index in [9.17, 15) is 9.59 Å². The van der Waals surface area contributed by atoms with Gasteiger partial charge >= 0.3 is 0 Å². The maximum atomic E-state index is 13.3.